The van der Waals surface area contributed by atoms with Gasteiger partial charge in [-0.3, -0.25) is 4.79 Å². The van der Waals surface area contributed by atoms with Gasteiger partial charge in [0.1, 0.15) is 0 Å². The molecule has 0 rings (SSSR count). The fraction of sp³-hybridized carbons (Fsp3) is 0.500. The van der Waals surface area contributed by atoms with Crippen LogP contribution in [0.15, 0.2) is 0 Å². The van der Waals surface area contributed by atoms with Crippen LogP contribution < -0.4 is 5.73 Å². The van der Waals surface area contributed by atoms with Gasteiger partial charge >= 0.3 is 12.7 Å². The van der Waals surface area contributed by atoms with E-state index >= 15 is 0 Å². The average Bonchev–Trinajstić information content (AvgIpc) is 1.65. The molecular weight excluding hydrogens is 339 g/mol. The zero-order chi connectivity index (χ0) is 7.86. The van der Waals surface area contributed by atoms with Crippen molar-refractivity contribution in [1.82, 2.24) is 0 Å². The molecule has 0 aliphatic rings. The van der Waals surface area contributed by atoms with Crippen molar-refractivity contribution >= 4 is 63.3 Å². The van der Waals surface area contributed by atoms with E-state index in [0.29, 0.717) is 0 Å². The molecule has 4 nitrogen and oxygen atoms in total. The Labute approximate surface area is 116 Å². The molecule has 0 saturated carbocycles. The van der Waals surface area contributed by atoms with E-state index in [0.717, 1.165) is 0 Å². The number of carbonyl (C=O) groups is 1. The first kappa shape index (κ1) is 29.2. The van der Waals surface area contributed by atoms with Crippen LogP contribution in [-0.4, -0.2) is 47.2 Å². The molecule has 0 fully saturated rings. The fourth-order valence-corrected chi connectivity index (χ4v) is 0. The van der Waals surface area contributed by atoms with Crippen molar-refractivity contribution in [3.8, 4) is 0 Å². The summed E-state index contributed by atoms with van der Waals surface area (Å²) in [5, 5.41) is 7.60. The molecule has 5 N–H and O–H groups in total. The zero-order valence-electron chi connectivity index (χ0n) is 5.35. The van der Waals surface area contributed by atoms with Crippen LogP contribution in [0.4, 0.5) is 0 Å². The number of hydrogen-bond donors (Lipinski definition) is 2. The van der Waals surface area contributed by atoms with Gasteiger partial charge in [-0.05, 0) is 0 Å². The van der Waals surface area contributed by atoms with E-state index in [2.05, 4.69) is 5.73 Å². The molecule has 74 valence electrons. The summed E-state index contributed by atoms with van der Waals surface area (Å²) < 4.78 is 0. The predicted octanol–water partition coefficient (Wildman–Crippen LogP) is -1.56. The van der Waals surface area contributed by atoms with E-state index in [1.165, 1.54) is 0 Å². The summed E-state index contributed by atoms with van der Waals surface area (Å²) in [4.78, 5) is 9.24. The first-order valence-corrected chi connectivity index (χ1v) is 7.08. The minimum Gasteiger partial charge on any atom is -0.480 e. The third-order valence-corrected chi connectivity index (χ3v) is 0.175. The average molecular weight is 350 g/mol. The standard InChI is InChI=1S/C2H5NO2.Al.Cl3HSi.H2O.Zr.3H/c3-1-2(4)5;;1-4(2)3;;;;;/h1,3H2,(H,4,5);;4H;1H2;;;;. The molecule has 0 amide bonds. The molecule has 10 heteroatoms. The Balaban J connectivity index is -0.0000000221. The number of carboxylic acid groups (broad SMARTS) is 1. The minimum atomic E-state index is -1.72. The largest absolute Gasteiger partial charge is 0.480 e. The summed E-state index contributed by atoms with van der Waals surface area (Å²) in [6.07, 6.45) is 0. The number of nitrogens with two attached hydrogens (primary N) is 1. The van der Waals surface area contributed by atoms with E-state index in [-0.39, 0.29) is 55.6 Å². The predicted molar refractivity (Wildman–Crippen MR) is 55.0 cm³/mol. The van der Waals surface area contributed by atoms with Gasteiger partial charge in [-0.2, -0.15) is 0 Å². The summed E-state index contributed by atoms with van der Waals surface area (Å²) in [7, 11) is 0. The number of halogens is 3. The molecule has 0 aliphatic heterocycles. The van der Waals surface area contributed by atoms with Crippen LogP contribution in [0, 0.1) is 0 Å². The second-order valence-corrected chi connectivity index (χ2v) is 7.28. The van der Waals surface area contributed by atoms with Crippen molar-refractivity contribution < 1.29 is 41.6 Å². The zero-order valence-corrected chi connectivity index (χ0v) is 11.2. The van der Waals surface area contributed by atoms with Crippen LogP contribution in [0.2, 0.25) is 0 Å². The second-order valence-electron chi connectivity index (χ2n) is 0.845. The Hall–Kier alpha value is 1.89. The quantitative estimate of drug-likeness (QED) is 0.443. The topological polar surface area (TPSA) is 94.8 Å². The van der Waals surface area contributed by atoms with Gasteiger partial charge in [0.15, 0.2) is 17.4 Å². The van der Waals surface area contributed by atoms with Gasteiger partial charge in [0, 0.05) is 26.2 Å². The number of aliphatic carboxylic acids is 1. The van der Waals surface area contributed by atoms with Crippen molar-refractivity contribution in [3.63, 3.8) is 0 Å². The van der Waals surface area contributed by atoms with E-state index < -0.39 is 12.7 Å². The van der Waals surface area contributed by atoms with Crippen molar-refractivity contribution in [3.05, 3.63) is 0 Å². The third kappa shape index (κ3) is 93.1. The van der Waals surface area contributed by atoms with Crippen molar-refractivity contribution in [1.29, 1.82) is 0 Å². The van der Waals surface area contributed by atoms with Crippen molar-refractivity contribution in [2.45, 2.75) is 0 Å². The molecule has 0 aromatic rings. The molecule has 0 heterocycles. The van der Waals surface area contributed by atoms with Gasteiger partial charge in [-0.15, -0.1) is 33.2 Å². The van der Waals surface area contributed by atoms with Crippen LogP contribution in [0.25, 0.3) is 0 Å². The Bertz CT molecular complexity index is 89.2. The molecule has 12 heavy (non-hydrogen) atoms. The SMILES string of the molecule is Cl[SiH](Cl)Cl.NCC(=O)O.O.[AlH3].[Zr]. The van der Waals surface area contributed by atoms with E-state index in [1.54, 1.807) is 0 Å². The molecule has 0 unspecified atom stereocenters. The molecule has 0 aromatic carbocycles. The van der Waals surface area contributed by atoms with Crippen LogP contribution in [0.5, 0.6) is 0 Å². The van der Waals surface area contributed by atoms with Crippen LogP contribution in [0.3, 0.4) is 0 Å². The molecule has 0 bridgehead atoms. The van der Waals surface area contributed by atoms with E-state index in [9.17, 15) is 4.79 Å². The smallest absolute Gasteiger partial charge is 0.326 e. The first-order valence-electron chi connectivity index (χ1n) is 1.84. The molecule has 0 radical (unpaired) electrons. The van der Waals surface area contributed by atoms with Crippen LogP contribution >= 0.6 is 33.2 Å². The molecule has 0 atom stereocenters. The Morgan fingerprint density at radius 2 is 1.50 bits per heavy atom. The maximum atomic E-state index is 9.24. The molecule has 0 aromatic heterocycles. The number of hydrogen-bond acceptors (Lipinski definition) is 2. The van der Waals surface area contributed by atoms with E-state index in [1.807, 2.05) is 0 Å². The second kappa shape index (κ2) is 23.1. The maximum absolute atomic E-state index is 9.24. The van der Waals surface area contributed by atoms with Gasteiger partial charge < -0.3 is 16.3 Å². The Morgan fingerprint density at radius 3 is 1.50 bits per heavy atom. The molecule has 0 saturated heterocycles. The Morgan fingerprint density at radius 1 is 1.42 bits per heavy atom. The first-order chi connectivity index (χ1) is 4.00. The van der Waals surface area contributed by atoms with Gasteiger partial charge in [-0.25, -0.2) is 0 Å². The van der Waals surface area contributed by atoms with Crippen molar-refractivity contribution in [2.24, 2.45) is 5.73 Å². The minimum absolute atomic E-state index is 0. The normalized spacial score (nSPS) is 6.08. The summed E-state index contributed by atoms with van der Waals surface area (Å²) in [6, 6.07) is 0. The number of carboxylic acids is 1. The number of rotatable bonds is 1. The molecule has 0 spiro atoms. The van der Waals surface area contributed by atoms with E-state index in [4.69, 9.17) is 38.3 Å². The van der Waals surface area contributed by atoms with Gasteiger partial charge in [-0.1, -0.05) is 0 Å². The molecule has 0 aliphatic carbocycles. The Kier molecular flexibility index (Phi) is 56.1. The third-order valence-electron chi connectivity index (χ3n) is 0.175. The van der Waals surface area contributed by atoms with Crippen LogP contribution in [0.1, 0.15) is 0 Å². The van der Waals surface area contributed by atoms with Crippen LogP contribution in [-0.2, 0) is 31.0 Å². The van der Waals surface area contributed by atoms with Gasteiger partial charge in [0.2, 0.25) is 0 Å². The molecular formula is C2H11AlCl3NO3SiZr. The summed E-state index contributed by atoms with van der Waals surface area (Å²) >= 11 is 14.8. The summed E-state index contributed by atoms with van der Waals surface area (Å²) in [5.41, 5.74) is 4.57. The monoisotopic (exact) mass is 347 g/mol. The van der Waals surface area contributed by atoms with Crippen molar-refractivity contribution in [2.75, 3.05) is 6.54 Å². The van der Waals surface area contributed by atoms with Gasteiger partial charge in [0.25, 0.3) is 0 Å². The summed E-state index contributed by atoms with van der Waals surface area (Å²) in [5.74, 6) is -0.968. The fourth-order valence-electron chi connectivity index (χ4n) is 0. The summed E-state index contributed by atoms with van der Waals surface area (Å²) in [6.45, 7) is -2.00. The maximum Gasteiger partial charge on any atom is 0.326 e. The van der Waals surface area contributed by atoms with Gasteiger partial charge in [0.05, 0.1) is 6.54 Å².